The van der Waals surface area contributed by atoms with Gasteiger partial charge in [-0.1, -0.05) is 30.3 Å². The Bertz CT molecular complexity index is 1100. The largest absolute Gasteiger partial charge is 0.366 e. The van der Waals surface area contributed by atoms with E-state index in [0.717, 1.165) is 16.2 Å². The van der Waals surface area contributed by atoms with Gasteiger partial charge in [0.2, 0.25) is 0 Å². The van der Waals surface area contributed by atoms with Gasteiger partial charge >= 0.3 is 0 Å². The highest BCUT2D eigenvalue weighted by Crippen LogP contribution is 2.33. The highest BCUT2D eigenvalue weighted by molar-refractivity contribution is 7.92. The summed E-state index contributed by atoms with van der Waals surface area (Å²) in [7, 11) is -3.68. The number of hydrogen-bond donors (Lipinski definition) is 2. The van der Waals surface area contributed by atoms with Gasteiger partial charge in [0.25, 0.3) is 11.8 Å². The van der Waals surface area contributed by atoms with E-state index in [1.165, 1.54) is 17.4 Å². The van der Waals surface area contributed by atoms with Crippen LogP contribution < -0.4 is 11.1 Å². The van der Waals surface area contributed by atoms with Gasteiger partial charge in [0.05, 0.1) is 16.2 Å². The van der Waals surface area contributed by atoms with Crippen LogP contribution in [0.25, 0.3) is 0 Å². The van der Waals surface area contributed by atoms with Crippen LogP contribution >= 0.6 is 22.7 Å². The van der Waals surface area contributed by atoms with E-state index in [4.69, 9.17) is 5.73 Å². The lowest BCUT2D eigenvalue weighted by Gasteiger charge is -2.03. The fourth-order valence-corrected chi connectivity index (χ4v) is 5.94. The van der Waals surface area contributed by atoms with E-state index in [1.807, 2.05) is 6.92 Å². The van der Waals surface area contributed by atoms with Crippen LogP contribution in [-0.2, 0) is 15.6 Å². The van der Waals surface area contributed by atoms with E-state index in [9.17, 15) is 18.0 Å². The molecule has 0 saturated carbocycles. The van der Waals surface area contributed by atoms with E-state index < -0.39 is 21.7 Å². The SMILES string of the molecule is Cc1ccc(C(=O)Nc2sc(S(=O)(=O)Cc3ccccc3)cc2C(N)=O)s1. The molecular weight excluding hydrogens is 404 g/mol. The maximum Gasteiger partial charge on any atom is 0.266 e. The smallest absolute Gasteiger partial charge is 0.266 e. The Labute approximate surface area is 164 Å². The molecule has 6 nitrogen and oxygen atoms in total. The first-order chi connectivity index (χ1) is 12.8. The first-order valence-corrected chi connectivity index (χ1v) is 11.1. The lowest BCUT2D eigenvalue weighted by Crippen LogP contribution is -2.15. The van der Waals surface area contributed by atoms with Crippen molar-refractivity contribution in [3.8, 4) is 0 Å². The van der Waals surface area contributed by atoms with E-state index >= 15 is 0 Å². The molecule has 0 aliphatic heterocycles. The number of anilines is 1. The van der Waals surface area contributed by atoms with Crippen molar-refractivity contribution >= 4 is 49.3 Å². The van der Waals surface area contributed by atoms with Crippen LogP contribution in [0.2, 0.25) is 0 Å². The molecule has 3 N–H and O–H groups in total. The molecule has 3 rings (SSSR count). The molecule has 0 fully saturated rings. The van der Waals surface area contributed by atoms with Gasteiger partial charge < -0.3 is 11.1 Å². The number of sulfone groups is 1. The Morgan fingerprint density at radius 1 is 1.07 bits per heavy atom. The van der Waals surface area contributed by atoms with Gasteiger partial charge in [0.1, 0.15) is 9.21 Å². The molecule has 1 aromatic carbocycles. The number of hydrogen-bond acceptors (Lipinski definition) is 6. The van der Waals surface area contributed by atoms with Gasteiger partial charge in [-0.2, -0.15) is 0 Å². The molecule has 0 spiro atoms. The van der Waals surface area contributed by atoms with Crippen molar-refractivity contribution in [1.29, 1.82) is 0 Å². The van der Waals surface area contributed by atoms with Crippen molar-refractivity contribution in [3.05, 3.63) is 69.4 Å². The summed E-state index contributed by atoms with van der Waals surface area (Å²) in [6.45, 7) is 1.87. The van der Waals surface area contributed by atoms with Crippen LogP contribution in [-0.4, -0.2) is 20.2 Å². The third-order valence-electron chi connectivity index (χ3n) is 3.67. The molecular formula is C18H16N2O4S3. The Morgan fingerprint density at radius 2 is 1.78 bits per heavy atom. The summed E-state index contributed by atoms with van der Waals surface area (Å²) in [5, 5.41) is 2.73. The Hall–Kier alpha value is -2.49. The number of nitrogens with one attached hydrogen (secondary N) is 1. The van der Waals surface area contributed by atoms with Crippen LogP contribution in [0.1, 0.15) is 30.5 Å². The molecule has 27 heavy (non-hydrogen) atoms. The van der Waals surface area contributed by atoms with Gasteiger partial charge in [-0.25, -0.2) is 8.42 Å². The van der Waals surface area contributed by atoms with Crippen molar-refractivity contribution in [2.24, 2.45) is 5.73 Å². The lowest BCUT2D eigenvalue weighted by molar-refractivity contribution is 0.100. The number of primary amides is 1. The second-order valence-corrected chi connectivity index (χ2v) is 10.3. The number of benzene rings is 1. The minimum Gasteiger partial charge on any atom is -0.366 e. The van der Waals surface area contributed by atoms with Crippen molar-refractivity contribution in [1.82, 2.24) is 0 Å². The molecule has 9 heteroatoms. The monoisotopic (exact) mass is 420 g/mol. The molecule has 2 aromatic heterocycles. The number of rotatable bonds is 6. The number of amides is 2. The minimum atomic E-state index is -3.68. The third kappa shape index (κ3) is 4.44. The first kappa shape index (κ1) is 19.3. The normalized spacial score (nSPS) is 11.3. The molecule has 0 bridgehead atoms. The van der Waals surface area contributed by atoms with E-state index in [1.54, 1.807) is 42.5 Å². The van der Waals surface area contributed by atoms with Crippen molar-refractivity contribution in [2.45, 2.75) is 16.9 Å². The summed E-state index contributed by atoms with van der Waals surface area (Å²) in [5.41, 5.74) is 5.98. The van der Waals surface area contributed by atoms with Gasteiger partial charge in [0, 0.05) is 4.88 Å². The quantitative estimate of drug-likeness (QED) is 0.637. The van der Waals surface area contributed by atoms with Gasteiger partial charge in [0.15, 0.2) is 9.84 Å². The zero-order chi connectivity index (χ0) is 19.6. The molecule has 140 valence electrons. The average molecular weight is 421 g/mol. The number of carbonyl (C=O) groups excluding carboxylic acids is 2. The Balaban J connectivity index is 1.91. The second kappa shape index (κ2) is 7.63. The van der Waals surface area contributed by atoms with Crippen LogP contribution in [0.3, 0.4) is 0 Å². The zero-order valence-corrected chi connectivity index (χ0v) is 16.7. The van der Waals surface area contributed by atoms with Crippen LogP contribution in [0.4, 0.5) is 5.00 Å². The number of nitrogens with two attached hydrogens (primary N) is 1. The number of carbonyl (C=O) groups is 2. The fourth-order valence-electron chi connectivity index (χ4n) is 2.38. The number of thiophene rings is 2. The van der Waals surface area contributed by atoms with E-state index in [-0.39, 0.29) is 20.5 Å². The van der Waals surface area contributed by atoms with Crippen LogP contribution in [0.15, 0.2) is 52.7 Å². The molecule has 0 saturated heterocycles. The summed E-state index contributed by atoms with van der Waals surface area (Å²) in [6.07, 6.45) is 0. The molecule has 0 radical (unpaired) electrons. The summed E-state index contributed by atoms with van der Waals surface area (Å²) in [4.78, 5) is 25.5. The van der Waals surface area contributed by atoms with E-state index in [0.29, 0.717) is 10.4 Å². The minimum absolute atomic E-state index is 0.0159. The lowest BCUT2D eigenvalue weighted by atomic mass is 10.2. The van der Waals surface area contributed by atoms with Crippen molar-refractivity contribution < 1.29 is 18.0 Å². The highest BCUT2D eigenvalue weighted by atomic mass is 32.2. The summed E-state index contributed by atoms with van der Waals surface area (Å²) in [6, 6.07) is 13.4. The van der Waals surface area contributed by atoms with Gasteiger partial charge in [-0.3, -0.25) is 9.59 Å². The summed E-state index contributed by atoms with van der Waals surface area (Å²) >= 11 is 2.13. The third-order valence-corrected chi connectivity index (χ3v) is 7.97. The second-order valence-electron chi connectivity index (χ2n) is 5.78. The molecule has 0 aliphatic rings. The molecule has 3 aromatic rings. The molecule has 2 heterocycles. The predicted octanol–water partition coefficient (Wildman–Crippen LogP) is 3.44. The average Bonchev–Trinajstić information content (AvgIpc) is 3.22. The molecule has 0 atom stereocenters. The predicted molar refractivity (Wildman–Crippen MR) is 107 cm³/mol. The maximum absolute atomic E-state index is 12.7. The Morgan fingerprint density at radius 3 is 2.37 bits per heavy atom. The highest BCUT2D eigenvalue weighted by Gasteiger charge is 2.24. The molecule has 0 aliphatic carbocycles. The summed E-state index contributed by atoms with van der Waals surface area (Å²) in [5.74, 6) is -1.42. The standard InChI is InChI=1S/C18H16N2O4S3/c1-11-7-8-14(25-11)17(22)20-18-13(16(19)21)9-15(26-18)27(23,24)10-12-5-3-2-4-6-12/h2-9H,10H2,1H3,(H2,19,21)(H,20,22). The topological polar surface area (TPSA) is 106 Å². The van der Waals surface area contributed by atoms with Crippen molar-refractivity contribution in [2.75, 3.05) is 5.32 Å². The van der Waals surface area contributed by atoms with Crippen molar-refractivity contribution in [3.63, 3.8) is 0 Å². The zero-order valence-electron chi connectivity index (χ0n) is 14.3. The van der Waals surface area contributed by atoms with Crippen LogP contribution in [0, 0.1) is 6.92 Å². The van der Waals surface area contributed by atoms with Gasteiger partial charge in [-0.05, 0) is 30.7 Å². The Kier molecular flexibility index (Phi) is 5.45. The molecule has 0 unspecified atom stereocenters. The maximum atomic E-state index is 12.7. The number of aryl methyl sites for hydroxylation is 1. The first-order valence-electron chi connectivity index (χ1n) is 7.84. The van der Waals surface area contributed by atoms with Crippen LogP contribution in [0.5, 0.6) is 0 Å². The summed E-state index contributed by atoms with van der Waals surface area (Å²) < 4.78 is 25.4. The van der Waals surface area contributed by atoms with E-state index in [2.05, 4.69) is 5.32 Å². The molecule has 2 amide bonds. The fraction of sp³-hybridized carbons (Fsp3) is 0.111. The van der Waals surface area contributed by atoms with Gasteiger partial charge in [-0.15, -0.1) is 22.7 Å².